The lowest BCUT2D eigenvalue weighted by Gasteiger charge is -1.92. The van der Waals surface area contributed by atoms with E-state index in [-0.39, 0.29) is 0 Å². The molecule has 0 aliphatic rings. The van der Waals surface area contributed by atoms with E-state index in [1.54, 1.807) is 0 Å². The number of nitroso groups, excluding NO2 is 1. The van der Waals surface area contributed by atoms with Crippen LogP contribution in [-0.2, 0) is 0 Å². The van der Waals surface area contributed by atoms with Gasteiger partial charge >= 0.3 is 12.1 Å². The van der Waals surface area contributed by atoms with Gasteiger partial charge in [0.1, 0.15) is 0 Å². The van der Waals surface area contributed by atoms with Crippen molar-refractivity contribution in [2.75, 3.05) is 0 Å². The maximum absolute atomic E-state index is 10.0. The van der Waals surface area contributed by atoms with Gasteiger partial charge in [0, 0.05) is 0 Å². The molecular formula is C2H4N4O3. The molecule has 0 spiro atoms. The van der Waals surface area contributed by atoms with E-state index < -0.39 is 12.1 Å². The topological polar surface area (TPSA) is 114 Å². The first-order chi connectivity index (χ1) is 4.16. The van der Waals surface area contributed by atoms with Gasteiger partial charge in [-0.1, -0.05) is 0 Å². The quantitative estimate of drug-likeness (QED) is 0.315. The summed E-state index contributed by atoms with van der Waals surface area (Å²) in [5.74, 6) is 0. The van der Waals surface area contributed by atoms with E-state index in [1.807, 2.05) is 5.29 Å². The maximum Gasteiger partial charge on any atom is 0.345 e. The largest absolute Gasteiger partial charge is 0.351 e. The smallest absolute Gasteiger partial charge is 0.345 e. The molecule has 4 N–H and O–H groups in total. The van der Waals surface area contributed by atoms with Gasteiger partial charge in [-0.25, -0.2) is 9.59 Å². The minimum absolute atomic E-state index is 1.04. The Morgan fingerprint density at radius 2 is 2.00 bits per heavy atom. The zero-order valence-corrected chi connectivity index (χ0v) is 4.25. The molecule has 0 atom stereocenters. The molecule has 0 aromatic rings. The maximum atomic E-state index is 10.0. The number of primary amides is 1. The first-order valence-electron chi connectivity index (χ1n) is 1.85. The van der Waals surface area contributed by atoms with E-state index in [4.69, 9.17) is 0 Å². The Hall–Kier alpha value is -1.66. The summed E-state index contributed by atoms with van der Waals surface area (Å²) in [6.07, 6.45) is 0. The molecule has 0 aliphatic carbocycles. The minimum Gasteiger partial charge on any atom is -0.351 e. The molecule has 0 saturated carbocycles. The van der Waals surface area contributed by atoms with Gasteiger partial charge in [-0.15, -0.1) is 4.91 Å². The predicted molar refractivity (Wildman–Crippen MR) is 27.0 cm³/mol. The Bertz CT molecular complexity index is 143. The number of urea groups is 2. The number of carbonyl (C=O) groups is 2. The van der Waals surface area contributed by atoms with Gasteiger partial charge in [0.2, 0.25) is 0 Å². The Labute approximate surface area is 49.5 Å². The second-order valence-corrected chi connectivity index (χ2v) is 1.02. The first-order valence-corrected chi connectivity index (χ1v) is 1.85. The molecule has 9 heavy (non-hydrogen) atoms. The number of hydrogen-bond donors (Lipinski definition) is 3. The van der Waals surface area contributed by atoms with Crippen molar-refractivity contribution in [2.24, 2.45) is 11.0 Å². The van der Waals surface area contributed by atoms with Gasteiger partial charge in [0.25, 0.3) is 0 Å². The highest BCUT2D eigenvalue weighted by Crippen LogP contribution is 1.61. The molecule has 0 fully saturated rings. The Kier molecular flexibility index (Phi) is 2.74. The molecule has 4 amide bonds. The molecule has 0 aromatic heterocycles. The van der Waals surface area contributed by atoms with E-state index in [0.717, 1.165) is 0 Å². The predicted octanol–water partition coefficient (Wildman–Crippen LogP) is -0.954. The Morgan fingerprint density at radius 3 is 2.33 bits per heavy atom. The third-order valence-corrected chi connectivity index (χ3v) is 0.384. The standard InChI is InChI=1S/C2H4N4O3/c3-1(7)4-2(8)5-6-9/h(H4,3,4,5,7,8,9). The lowest BCUT2D eigenvalue weighted by molar-refractivity contribution is 0.232. The summed E-state index contributed by atoms with van der Waals surface area (Å²) in [5.41, 5.74) is 5.86. The summed E-state index contributed by atoms with van der Waals surface area (Å²) in [4.78, 5) is 29.1. The highest BCUT2D eigenvalue weighted by molar-refractivity contribution is 5.92. The number of hydrogen-bond acceptors (Lipinski definition) is 4. The number of carbonyl (C=O) groups excluding carboxylic acids is 2. The van der Waals surface area contributed by atoms with Crippen LogP contribution in [0.15, 0.2) is 5.29 Å². The molecule has 0 bridgehead atoms. The molecule has 0 radical (unpaired) electrons. The van der Waals surface area contributed by atoms with Crippen LogP contribution in [-0.4, -0.2) is 12.1 Å². The summed E-state index contributed by atoms with van der Waals surface area (Å²) < 4.78 is 0. The summed E-state index contributed by atoms with van der Waals surface area (Å²) in [7, 11) is 0. The van der Waals surface area contributed by atoms with Crippen LogP contribution < -0.4 is 16.5 Å². The van der Waals surface area contributed by atoms with Crippen LogP contribution in [0.25, 0.3) is 0 Å². The number of imide groups is 1. The van der Waals surface area contributed by atoms with E-state index in [0.29, 0.717) is 0 Å². The number of rotatable bonds is 1. The molecule has 50 valence electrons. The normalized spacial score (nSPS) is 7.56. The molecule has 7 nitrogen and oxygen atoms in total. The minimum atomic E-state index is -1.05. The fourth-order valence-electron chi connectivity index (χ4n) is 0.181. The summed E-state index contributed by atoms with van der Waals surface area (Å²) in [6.45, 7) is 0. The third kappa shape index (κ3) is 4.19. The lowest BCUT2D eigenvalue weighted by atomic mass is 10.9. The van der Waals surface area contributed by atoms with Crippen molar-refractivity contribution in [2.45, 2.75) is 0 Å². The molecule has 0 aliphatic heterocycles. The van der Waals surface area contributed by atoms with E-state index in [2.05, 4.69) is 5.73 Å². The van der Waals surface area contributed by atoms with Crippen molar-refractivity contribution in [3.63, 3.8) is 0 Å². The third-order valence-electron chi connectivity index (χ3n) is 0.384. The van der Waals surface area contributed by atoms with Crippen LogP contribution >= 0.6 is 0 Å². The number of nitrogens with two attached hydrogens (primary N) is 1. The lowest BCUT2D eigenvalue weighted by Crippen LogP contribution is -2.40. The second kappa shape index (κ2) is 3.36. The zero-order chi connectivity index (χ0) is 7.28. The van der Waals surface area contributed by atoms with E-state index in [9.17, 15) is 14.5 Å². The molecule has 0 heterocycles. The average Bonchev–Trinajstić information content (AvgIpc) is 1.63. The van der Waals surface area contributed by atoms with Crippen molar-refractivity contribution in [1.29, 1.82) is 0 Å². The van der Waals surface area contributed by atoms with Crippen LogP contribution in [0.2, 0.25) is 0 Å². The Balaban J connectivity index is 3.50. The van der Waals surface area contributed by atoms with Crippen molar-refractivity contribution in [3.8, 4) is 0 Å². The van der Waals surface area contributed by atoms with Crippen LogP contribution in [0.4, 0.5) is 9.59 Å². The average molecular weight is 132 g/mol. The molecule has 0 rings (SSSR count). The fraction of sp³-hybridized carbons (Fsp3) is 0. The van der Waals surface area contributed by atoms with Gasteiger partial charge in [-0.3, -0.25) is 5.32 Å². The molecule has 7 heteroatoms. The van der Waals surface area contributed by atoms with E-state index >= 15 is 0 Å². The van der Waals surface area contributed by atoms with Gasteiger partial charge in [0.15, 0.2) is 0 Å². The molecule has 0 saturated heterocycles. The SMILES string of the molecule is NC(=O)NC(=O)NN=O. The highest BCUT2D eigenvalue weighted by atomic mass is 16.3. The van der Waals surface area contributed by atoms with Crippen LogP contribution in [0, 0.1) is 4.91 Å². The highest BCUT2D eigenvalue weighted by Gasteiger charge is 1.99. The Morgan fingerprint density at radius 1 is 1.44 bits per heavy atom. The zero-order valence-electron chi connectivity index (χ0n) is 4.25. The summed E-state index contributed by atoms with van der Waals surface area (Å²) in [6, 6.07) is -2.09. The summed E-state index contributed by atoms with van der Waals surface area (Å²) in [5, 5.41) is 3.51. The van der Waals surface area contributed by atoms with Crippen LogP contribution in [0.1, 0.15) is 0 Å². The van der Waals surface area contributed by atoms with Gasteiger partial charge in [0.05, 0.1) is 5.29 Å². The van der Waals surface area contributed by atoms with Crippen molar-refractivity contribution < 1.29 is 9.59 Å². The van der Waals surface area contributed by atoms with Gasteiger partial charge < -0.3 is 5.73 Å². The van der Waals surface area contributed by atoms with Gasteiger partial charge in [-0.2, -0.15) is 5.43 Å². The fourth-order valence-corrected chi connectivity index (χ4v) is 0.181. The summed E-state index contributed by atoms with van der Waals surface area (Å²) >= 11 is 0. The van der Waals surface area contributed by atoms with Crippen molar-refractivity contribution in [3.05, 3.63) is 4.91 Å². The van der Waals surface area contributed by atoms with Crippen LogP contribution in [0.3, 0.4) is 0 Å². The number of amides is 4. The van der Waals surface area contributed by atoms with Gasteiger partial charge in [-0.05, 0) is 0 Å². The molecule has 0 unspecified atom stereocenters. The van der Waals surface area contributed by atoms with Crippen molar-refractivity contribution in [1.82, 2.24) is 10.7 Å². The van der Waals surface area contributed by atoms with Crippen molar-refractivity contribution >= 4 is 12.1 Å². The second-order valence-electron chi connectivity index (χ2n) is 1.02. The molecule has 0 aromatic carbocycles. The number of nitrogens with zero attached hydrogens (tertiary/aromatic N) is 1. The number of nitrogens with one attached hydrogen (secondary N) is 2. The monoisotopic (exact) mass is 132 g/mol. The molecular weight excluding hydrogens is 128 g/mol. The first kappa shape index (κ1) is 7.34. The van der Waals surface area contributed by atoms with Crippen LogP contribution in [0.5, 0.6) is 0 Å². The van der Waals surface area contributed by atoms with E-state index in [1.165, 1.54) is 10.7 Å².